The van der Waals surface area contributed by atoms with Crippen molar-refractivity contribution in [1.29, 1.82) is 0 Å². The molecule has 3 rings (SSSR count). The highest BCUT2D eigenvalue weighted by Crippen LogP contribution is 2.18. The van der Waals surface area contributed by atoms with E-state index in [4.69, 9.17) is 5.73 Å². The molecular formula is C18H25FN6. The number of fused-ring (bicyclic) bond motifs is 1. The lowest BCUT2D eigenvalue weighted by atomic mass is 10.1. The maximum Gasteiger partial charge on any atom is 0.230 e. The predicted molar refractivity (Wildman–Crippen MR) is 99.3 cm³/mol. The molecule has 0 unspecified atom stereocenters. The lowest BCUT2D eigenvalue weighted by Crippen LogP contribution is -2.31. The average molecular weight is 344 g/mol. The molecule has 0 spiro atoms. The number of nitrogens with zero attached hydrogens (tertiary/aromatic N) is 4. The fourth-order valence-electron chi connectivity index (χ4n) is 3.15. The van der Waals surface area contributed by atoms with Gasteiger partial charge in [0.25, 0.3) is 0 Å². The normalized spacial score (nSPS) is 16.3. The van der Waals surface area contributed by atoms with E-state index in [0.29, 0.717) is 18.0 Å². The molecule has 2 aromatic rings. The summed E-state index contributed by atoms with van der Waals surface area (Å²) in [6.07, 6.45) is 4.92. The first-order valence-electron chi connectivity index (χ1n) is 8.85. The Morgan fingerprint density at radius 2 is 2.08 bits per heavy atom. The summed E-state index contributed by atoms with van der Waals surface area (Å²) in [4.78, 5) is 15.5. The first kappa shape index (κ1) is 17.5. The number of nitrogens with two attached hydrogens (primary N) is 1. The molecular weight excluding hydrogens is 319 g/mol. The number of piperidine rings is 1. The first-order chi connectivity index (χ1) is 12.1. The highest BCUT2D eigenvalue weighted by Gasteiger charge is 2.09. The molecule has 1 aromatic carbocycles. The molecule has 0 bridgehead atoms. The third-order valence-corrected chi connectivity index (χ3v) is 4.45. The summed E-state index contributed by atoms with van der Waals surface area (Å²) in [5.41, 5.74) is 7.24. The second-order valence-corrected chi connectivity index (χ2v) is 6.44. The van der Waals surface area contributed by atoms with Crippen LogP contribution in [0.25, 0.3) is 10.9 Å². The molecule has 6 nitrogen and oxygen atoms in total. The van der Waals surface area contributed by atoms with Crippen molar-refractivity contribution >= 4 is 22.8 Å². The lowest BCUT2D eigenvalue weighted by Gasteiger charge is -2.25. The summed E-state index contributed by atoms with van der Waals surface area (Å²) < 4.78 is 13.4. The summed E-state index contributed by atoms with van der Waals surface area (Å²) in [6.45, 7) is 5.97. The maximum atomic E-state index is 13.4. The zero-order chi connectivity index (χ0) is 17.6. The van der Waals surface area contributed by atoms with Gasteiger partial charge in [-0.05, 0) is 58.0 Å². The van der Waals surface area contributed by atoms with E-state index in [1.807, 2.05) is 6.92 Å². The van der Waals surface area contributed by atoms with E-state index >= 15 is 0 Å². The standard InChI is InChI=1S/C18H25FN6/c1-13-15-7-6-14(19)12-16(15)23-18(22-13)24-17(20)21-8-5-11-25-9-3-2-4-10-25/h6-7,12H,2-5,8-11H2,1H3,(H3,20,21,22,23,24). The summed E-state index contributed by atoms with van der Waals surface area (Å²) in [6, 6.07) is 4.48. The molecule has 2 heterocycles. The van der Waals surface area contributed by atoms with Gasteiger partial charge in [0.2, 0.25) is 5.95 Å². The van der Waals surface area contributed by atoms with Crippen molar-refractivity contribution in [3.63, 3.8) is 0 Å². The minimum absolute atomic E-state index is 0.286. The van der Waals surface area contributed by atoms with Crippen LogP contribution < -0.4 is 11.1 Å². The van der Waals surface area contributed by atoms with E-state index in [2.05, 4.69) is 25.2 Å². The molecule has 1 aliphatic rings. The maximum absolute atomic E-state index is 13.4. The van der Waals surface area contributed by atoms with E-state index in [1.165, 1.54) is 44.5 Å². The van der Waals surface area contributed by atoms with Gasteiger partial charge in [-0.3, -0.25) is 10.3 Å². The van der Waals surface area contributed by atoms with Crippen LogP contribution in [0.15, 0.2) is 23.2 Å². The number of hydrogen-bond donors (Lipinski definition) is 2. The van der Waals surface area contributed by atoms with Gasteiger partial charge in [0.05, 0.1) is 11.2 Å². The highest BCUT2D eigenvalue weighted by atomic mass is 19.1. The van der Waals surface area contributed by atoms with Crippen LogP contribution in [0.5, 0.6) is 0 Å². The highest BCUT2D eigenvalue weighted by molar-refractivity contribution is 5.92. The predicted octanol–water partition coefficient (Wildman–Crippen LogP) is 2.68. The Kier molecular flexibility index (Phi) is 5.75. The second-order valence-electron chi connectivity index (χ2n) is 6.44. The van der Waals surface area contributed by atoms with E-state index in [9.17, 15) is 4.39 Å². The van der Waals surface area contributed by atoms with Crippen LogP contribution in [-0.4, -0.2) is 47.0 Å². The first-order valence-corrected chi connectivity index (χ1v) is 8.85. The summed E-state index contributed by atoms with van der Waals surface area (Å²) in [5, 5.41) is 3.73. The number of anilines is 1. The molecule has 7 heteroatoms. The Labute approximate surface area is 147 Å². The van der Waals surface area contributed by atoms with Gasteiger partial charge >= 0.3 is 0 Å². The number of aryl methyl sites for hydroxylation is 1. The van der Waals surface area contributed by atoms with Gasteiger partial charge in [-0.1, -0.05) is 6.42 Å². The van der Waals surface area contributed by atoms with Gasteiger partial charge in [-0.15, -0.1) is 0 Å². The minimum atomic E-state index is -0.323. The average Bonchev–Trinajstić information content (AvgIpc) is 2.59. The van der Waals surface area contributed by atoms with Gasteiger partial charge in [0.15, 0.2) is 5.96 Å². The third kappa shape index (κ3) is 4.85. The molecule has 1 fully saturated rings. The Bertz CT molecular complexity index is 755. The molecule has 1 aliphatic heterocycles. The number of halogens is 1. The number of aromatic nitrogens is 2. The van der Waals surface area contributed by atoms with Gasteiger partial charge in [0.1, 0.15) is 5.82 Å². The van der Waals surface area contributed by atoms with E-state index in [0.717, 1.165) is 24.0 Å². The van der Waals surface area contributed by atoms with Crippen molar-refractivity contribution in [2.24, 2.45) is 10.7 Å². The Hall–Kier alpha value is -2.28. The molecule has 1 saturated heterocycles. The van der Waals surface area contributed by atoms with Crippen LogP contribution in [0.3, 0.4) is 0 Å². The van der Waals surface area contributed by atoms with Gasteiger partial charge in [-0.2, -0.15) is 0 Å². The molecule has 25 heavy (non-hydrogen) atoms. The smallest absolute Gasteiger partial charge is 0.230 e. The number of nitrogens with one attached hydrogen (secondary N) is 1. The fourth-order valence-corrected chi connectivity index (χ4v) is 3.15. The second kappa shape index (κ2) is 8.20. The summed E-state index contributed by atoms with van der Waals surface area (Å²) >= 11 is 0. The number of hydrogen-bond acceptors (Lipinski definition) is 4. The van der Waals surface area contributed by atoms with Crippen LogP contribution in [0.4, 0.5) is 10.3 Å². The van der Waals surface area contributed by atoms with Crippen molar-refractivity contribution in [2.75, 3.05) is 31.5 Å². The number of guanidine groups is 1. The van der Waals surface area contributed by atoms with Gasteiger partial charge in [0, 0.05) is 18.0 Å². The number of benzene rings is 1. The number of rotatable bonds is 5. The van der Waals surface area contributed by atoms with E-state index in [1.54, 1.807) is 6.07 Å². The summed E-state index contributed by atoms with van der Waals surface area (Å²) in [5.74, 6) is 0.303. The van der Waals surface area contributed by atoms with Crippen molar-refractivity contribution in [1.82, 2.24) is 14.9 Å². The topological polar surface area (TPSA) is 79.4 Å². The van der Waals surface area contributed by atoms with Crippen LogP contribution in [0, 0.1) is 12.7 Å². The van der Waals surface area contributed by atoms with Crippen molar-refractivity contribution < 1.29 is 4.39 Å². The largest absolute Gasteiger partial charge is 0.370 e. The Balaban J connectivity index is 1.56. The molecule has 0 radical (unpaired) electrons. The lowest BCUT2D eigenvalue weighted by molar-refractivity contribution is 0.228. The quantitative estimate of drug-likeness (QED) is 0.495. The molecule has 0 atom stereocenters. The zero-order valence-electron chi connectivity index (χ0n) is 14.6. The van der Waals surface area contributed by atoms with Crippen LogP contribution in [0.2, 0.25) is 0 Å². The Morgan fingerprint density at radius 1 is 1.28 bits per heavy atom. The van der Waals surface area contributed by atoms with Gasteiger partial charge < -0.3 is 10.6 Å². The van der Waals surface area contributed by atoms with E-state index < -0.39 is 0 Å². The monoisotopic (exact) mass is 344 g/mol. The summed E-state index contributed by atoms with van der Waals surface area (Å²) in [7, 11) is 0. The van der Waals surface area contributed by atoms with Crippen LogP contribution in [0.1, 0.15) is 31.4 Å². The molecule has 0 amide bonds. The number of aliphatic imine (C=N–C) groups is 1. The molecule has 0 saturated carbocycles. The van der Waals surface area contributed by atoms with Crippen molar-refractivity contribution in [3.05, 3.63) is 29.7 Å². The minimum Gasteiger partial charge on any atom is -0.370 e. The van der Waals surface area contributed by atoms with E-state index in [-0.39, 0.29) is 11.8 Å². The third-order valence-electron chi connectivity index (χ3n) is 4.45. The zero-order valence-corrected chi connectivity index (χ0v) is 14.6. The number of likely N-dealkylation sites (tertiary alicyclic amines) is 1. The van der Waals surface area contributed by atoms with Crippen molar-refractivity contribution in [2.45, 2.75) is 32.6 Å². The van der Waals surface area contributed by atoms with Crippen LogP contribution in [-0.2, 0) is 0 Å². The molecule has 1 aromatic heterocycles. The fraction of sp³-hybridized carbons (Fsp3) is 0.500. The molecule has 134 valence electrons. The van der Waals surface area contributed by atoms with Crippen molar-refractivity contribution in [3.8, 4) is 0 Å². The van der Waals surface area contributed by atoms with Crippen LogP contribution >= 0.6 is 0 Å². The van der Waals surface area contributed by atoms with Gasteiger partial charge in [-0.25, -0.2) is 14.4 Å². The molecule has 0 aliphatic carbocycles. The molecule has 3 N–H and O–H groups in total. The Morgan fingerprint density at radius 3 is 2.88 bits per heavy atom. The SMILES string of the molecule is Cc1nc(NC(N)=NCCCN2CCCCC2)nc2cc(F)ccc12.